The van der Waals surface area contributed by atoms with Gasteiger partial charge in [-0.3, -0.25) is 9.48 Å². The summed E-state index contributed by atoms with van der Waals surface area (Å²) in [6.45, 7) is 4.58. The molecule has 0 saturated carbocycles. The Morgan fingerprint density at radius 1 is 1.44 bits per heavy atom. The van der Waals surface area contributed by atoms with E-state index >= 15 is 0 Å². The highest BCUT2D eigenvalue weighted by atomic mass is 16.3. The number of hydrogen-bond acceptors (Lipinski definition) is 4. The van der Waals surface area contributed by atoms with Crippen molar-refractivity contribution in [3.8, 4) is 17.4 Å². The lowest BCUT2D eigenvalue weighted by molar-refractivity contribution is 0.444. The molecule has 0 aliphatic carbocycles. The second-order valence-electron chi connectivity index (χ2n) is 4.01. The van der Waals surface area contributed by atoms with Crippen LogP contribution in [-0.2, 0) is 13.0 Å². The number of aromatic hydroxyl groups is 1. The predicted octanol–water partition coefficient (Wildman–Crippen LogP) is 1.31. The molecule has 0 atom stereocenters. The van der Waals surface area contributed by atoms with E-state index in [1.165, 1.54) is 0 Å². The van der Waals surface area contributed by atoms with Gasteiger partial charge in [0, 0.05) is 12.7 Å². The number of nitrogens with zero attached hydrogens (tertiary/aromatic N) is 3. The molecule has 2 aromatic rings. The molecule has 96 valence electrons. The van der Waals surface area contributed by atoms with E-state index in [0.29, 0.717) is 23.5 Å². The number of aromatic amines is 1. The van der Waals surface area contributed by atoms with Gasteiger partial charge in [0.2, 0.25) is 5.88 Å². The topological polar surface area (TPSA) is 83.8 Å². The van der Waals surface area contributed by atoms with Crippen LogP contribution in [0.3, 0.4) is 0 Å². The minimum atomic E-state index is -0.302. The molecule has 2 N–H and O–H groups in total. The van der Waals surface area contributed by atoms with Crippen LogP contribution in [0.25, 0.3) is 11.5 Å². The minimum Gasteiger partial charge on any atom is -0.493 e. The van der Waals surface area contributed by atoms with Gasteiger partial charge in [-0.05, 0) is 18.9 Å². The number of H-pyrrole nitrogens is 1. The van der Waals surface area contributed by atoms with Gasteiger partial charge >= 0.3 is 0 Å². The molecule has 0 aliphatic rings. The van der Waals surface area contributed by atoms with Gasteiger partial charge in [-0.15, -0.1) is 0 Å². The Morgan fingerprint density at radius 3 is 2.83 bits per heavy atom. The van der Waals surface area contributed by atoms with Crippen LogP contribution in [0, 0.1) is 0 Å². The summed E-state index contributed by atoms with van der Waals surface area (Å²) in [5.74, 6) is 0.140. The van der Waals surface area contributed by atoms with Crippen LogP contribution in [0.1, 0.15) is 25.8 Å². The first-order valence-electron chi connectivity index (χ1n) is 6.01. The summed E-state index contributed by atoms with van der Waals surface area (Å²) in [6, 6.07) is 1.76. The number of nitrogens with one attached hydrogen (secondary N) is 1. The van der Waals surface area contributed by atoms with Gasteiger partial charge in [0.15, 0.2) is 5.82 Å². The monoisotopic (exact) mass is 248 g/mol. The van der Waals surface area contributed by atoms with E-state index in [4.69, 9.17) is 0 Å². The number of aryl methyl sites for hydroxylation is 1. The molecule has 0 spiro atoms. The summed E-state index contributed by atoms with van der Waals surface area (Å²) < 4.78 is 1.75. The fourth-order valence-corrected chi connectivity index (χ4v) is 1.85. The number of rotatable bonds is 4. The van der Waals surface area contributed by atoms with Crippen LogP contribution in [0.5, 0.6) is 5.88 Å². The van der Waals surface area contributed by atoms with Crippen molar-refractivity contribution in [2.75, 3.05) is 0 Å². The second-order valence-corrected chi connectivity index (χ2v) is 4.01. The minimum absolute atomic E-state index is 0.208. The van der Waals surface area contributed by atoms with Crippen LogP contribution in [0.4, 0.5) is 0 Å². The van der Waals surface area contributed by atoms with Gasteiger partial charge in [-0.25, -0.2) is 0 Å². The molecule has 0 saturated heterocycles. The molecule has 0 aromatic carbocycles. The maximum atomic E-state index is 11.8. The van der Waals surface area contributed by atoms with Crippen molar-refractivity contribution in [3.05, 3.63) is 28.2 Å². The fourth-order valence-electron chi connectivity index (χ4n) is 1.85. The van der Waals surface area contributed by atoms with Crippen LogP contribution < -0.4 is 5.56 Å². The smallest absolute Gasteiger partial charge is 0.258 e. The summed E-state index contributed by atoms with van der Waals surface area (Å²) in [5, 5.41) is 13.9. The Bertz CT molecular complexity index is 600. The summed E-state index contributed by atoms with van der Waals surface area (Å²) >= 11 is 0. The lowest BCUT2D eigenvalue weighted by atomic mass is 10.2. The molecule has 0 bridgehead atoms. The maximum absolute atomic E-state index is 11.8. The molecule has 0 amide bonds. The second kappa shape index (κ2) is 5.03. The third-order valence-corrected chi connectivity index (χ3v) is 2.74. The quantitative estimate of drug-likeness (QED) is 0.854. The normalized spacial score (nSPS) is 10.8. The first kappa shape index (κ1) is 12.3. The van der Waals surface area contributed by atoms with Crippen molar-refractivity contribution in [2.24, 2.45) is 0 Å². The molecule has 0 fully saturated rings. The first-order chi connectivity index (χ1) is 8.67. The average molecular weight is 248 g/mol. The Morgan fingerprint density at radius 2 is 2.22 bits per heavy atom. The molecule has 2 heterocycles. The van der Waals surface area contributed by atoms with E-state index in [9.17, 15) is 9.90 Å². The van der Waals surface area contributed by atoms with Crippen molar-refractivity contribution >= 4 is 0 Å². The first-order valence-corrected chi connectivity index (χ1v) is 6.01. The van der Waals surface area contributed by atoms with Crippen LogP contribution >= 0.6 is 0 Å². The molecule has 2 rings (SSSR count). The SMILES string of the molecule is CCCn1nccc1-c1nc(O)c(CC)c(=O)[nH]1. The number of aromatic nitrogens is 4. The van der Waals surface area contributed by atoms with E-state index in [2.05, 4.69) is 15.1 Å². The fraction of sp³-hybridized carbons (Fsp3) is 0.417. The van der Waals surface area contributed by atoms with E-state index in [1.807, 2.05) is 6.92 Å². The molecule has 6 heteroatoms. The highest BCUT2D eigenvalue weighted by Crippen LogP contribution is 2.17. The molecular formula is C12H16N4O2. The lowest BCUT2D eigenvalue weighted by Crippen LogP contribution is -2.15. The van der Waals surface area contributed by atoms with E-state index < -0.39 is 0 Å². The molecular weight excluding hydrogens is 232 g/mol. The zero-order valence-electron chi connectivity index (χ0n) is 10.5. The molecule has 0 unspecified atom stereocenters. The van der Waals surface area contributed by atoms with Gasteiger partial charge in [-0.1, -0.05) is 13.8 Å². The predicted molar refractivity (Wildman–Crippen MR) is 67.4 cm³/mol. The highest BCUT2D eigenvalue weighted by molar-refractivity contribution is 5.50. The zero-order valence-corrected chi connectivity index (χ0v) is 10.5. The molecule has 18 heavy (non-hydrogen) atoms. The Kier molecular flexibility index (Phi) is 3.45. The maximum Gasteiger partial charge on any atom is 0.258 e. The molecule has 6 nitrogen and oxygen atoms in total. The third-order valence-electron chi connectivity index (χ3n) is 2.74. The summed E-state index contributed by atoms with van der Waals surface area (Å²) in [7, 11) is 0. The summed E-state index contributed by atoms with van der Waals surface area (Å²) in [4.78, 5) is 18.5. The molecule has 0 radical (unpaired) electrons. The van der Waals surface area contributed by atoms with Gasteiger partial charge in [0.1, 0.15) is 5.69 Å². The lowest BCUT2D eigenvalue weighted by Gasteiger charge is -2.07. The summed E-state index contributed by atoms with van der Waals surface area (Å²) in [6.07, 6.45) is 3.02. The Balaban J connectivity index is 2.51. The standard InChI is InChI=1S/C12H16N4O2/c1-3-7-16-9(5-6-13-16)10-14-11(17)8(4-2)12(18)15-10/h5-6H,3-4,7H2,1-2H3,(H2,14,15,17,18). The zero-order chi connectivity index (χ0) is 13.1. The van der Waals surface area contributed by atoms with Gasteiger partial charge in [0.05, 0.1) is 5.56 Å². The van der Waals surface area contributed by atoms with E-state index in [-0.39, 0.29) is 11.4 Å². The highest BCUT2D eigenvalue weighted by Gasteiger charge is 2.12. The van der Waals surface area contributed by atoms with Crippen LogP contribution in [0.2, 0.25) is 0 Å². The summed E-state index contributed by atoms with van der Waals surface area (Å²) in [5.41, 5.74) is 0.705. The van der Waals surface area contributed by atoms with Crippen molar-refractivity contribution in [2.45, 2.75) is 33.2 Å². The van der Waals surface area contributed by atoms with Crippen molar-refractivity contribution in [1.29, 1.82) is 0 Å². The van der Waals surface area contributed by atoms with Crippen LogP contribution in [-0.4, -0.2) is 24.9 Å². The Labute approximate surface area is 104 Å². The van der Waals surface area contributed by atoms with Gasteiger partial charge in [-0.2, -0.15) is 10.1 Å². The van der Waals surface area contributed by atoms with Crippen LogP contribution in [0.15, 0.2) is 17.1 Å². The van der Waals surface area contributed by atoms with Crippen molar-refractivity contribution < 1.29 is 5.11 Å². The molecule has 0 aliphatic heterocycles. The van der Waals surface area contributed by atoms with Crippen molar-refractivity contribution in [3.63, 3.8) is 0 Å². The van der Waals surface area contributed by atoms with E-state index in [1.54, 1.807) is 23.9 Å². The van der Waals surface area contributed by atoms with E-state index in [0.717, 1.165) is 13.0 Å². The van der Waals surface area contributed by atoms with Crippen molar-refractivity contribution in [1.82, 2.24) is 19.7 Å². The molecule has 2 aromatic heterocycles. The van der Waals surface area contributed by atoms with Gasteiger partial charge in [0.25, 0.3) is 5.56 Å². The largest absolute Gasteiger partial charge is 0.493 e. The third kappa shape index (κ3) is 2.13. The average Bonchev–Trinajstić information content (AvgIpc) is 2.77. The number of hydrogen-bond donors (Lipinski definition) is 2. The van der Waals surface area contributed by atoms with Gasteiger partial charge < -0.3 is 10.1 Å². The Hall–Kier alpha value is -2.11.